The van der Waals surface area contributed by atoms with Gasteiger partial charge in [-0.3, -0.25) is 4.79 Å². The fourth-order valence-electron chi connectivity index (χ4n) is 1.58. The highest BCUT2D eigenvalue weighted by atomic mass is 35.5. The maximum Gasteiger partial charge on any atom is 0.257 e. The molecule has 2 aromatic rings. The number of anilines is 1. The molecule has 1 N–H and O–H groups in total. The lowest BCUT2D eigenvalue weighted by atomic mass is 10.2. The molecule has 2 aromatic carbocycles. The monoisotopic (exact) mass is 297 g/mol. The lowest BCUT2D eigenvalue weighted by Gasteiger charge is -2.08. The molecule has 0 fully saturated rings. The first kappa shape index (κ1) is 13.8. The molecule has 2 rings (SSSR count). The van der Waals surface area contributed by atoms with Gasteiger partial charge >= 0.3 is 0 Å². The minimum absolute atomic E-state index is 0.113. The van der Waals surface area contributed by atoms with Crippen molar-refractivity contribution in [3.63, 3.8) is 0 Å². The van der Waals surface area contributed by atoms with E-state index in [9.17, 15) is 9.18 Å². The van der Waals surface area contributed by atoms with Gasteiger partial charge in [0.25, 0.3) is 5.91 Å². The van der Waals surface area contributed by atoms with Gasteiger partial charge in [0.05, 0.1) is 16.3 Å². The molecule has 0 unspecified atom stereocenters. The summed E-state index contributed by atoms with van der Waals surface area (Å²) in [6, 6.07) is 9.07. The van der Waals surface area contributed by atoms with E-state index in [2.05, 4.69) is 5.32 Å². The first-order chi connectivity index (χ1) is 8.97. The highest BCUT2D eigenvalue weighted by molar-refractivity contribution is 6.37. The van der Waals surface area contributed by atoms with Crippen molar-refractivity contribution in [3.8, 4) is 0 Å². The average Bonchev–Trinajstić information content (AvgIpc) is 2.32. The molecule has 0 saturated heterocycles. The normalized spacial score (nSPS) is 10.3. The van der Waals surface area contributed by atoms with Gasteiger partial charge in [-0.25, -0.2) is 4.39 Å². The van der Waals surface area contributed by atoms with E-state index in [0.717, 1.165) is 5.56 Å². The third-order valence-electron chi connectivity index (χ3n) is 2.55. The van der Waals surface area contributed by atoms with E-state index in [4.69, 9.17) is 23.2 Å². The smallest absolute Gasteiger partial charge is 0.257 e. The minimum Gasteiger partial charge on any atom is -0.319 e. The van der Waals surface area contributed by atoms with Gasteiger partial charge < -0.3 is 5.32 Å². The third kappa shape index (κ3) is 3.25. The Morgan fingerprint density at radius 3 is 2.53 bits per heavy atom. The molecule has 0 heterocycles. The Morgan fingerprint density at radius 2 is 1.89 bits per heavy atom. The first-order valence-corrected chi connectivity index (χ1v) is 6.25. The van der Waals surface area contributed by atoms with E-state index in [0.29, 0.717) is 5.02 Å². The van der Waals surface area contributed by atoms with Crippen LogP contribution in [-0.2, 0) is 0 Å². The molecule has 0 aliphatic carbocycles. The van der Waals surface area contributed by atoms with Crippen LogP contribution >= 0.6 is 23.2 Å². The topological polar surface area (TPSA) is 29.1 Å². The standard InChI is InChI=1S/C14H10Cl2FNO/c1-8-2-5-13(12(17)6-8)18-14(19)10-4-3-9(15)7-11(10)16/h2-7H,1H3,(H,18,19). The van der Waals surface area contributed by atoms with Crippen LogP contribution in [0.15, 0.2) is 36.4 Å². The summed E-state index contributed by atoms with van der Waals surface area (Å²) in [6.07, 6.45) is 0. The Balaban J connectivity index is 2.25. The molecule has 0 aliphatic heterocycles. The first-order valence-electron chi connectivity index (χ1n) is 5.50. The fourth-order valence-corrected chi connectivity index (χ4v) is 2.08. The zero-order chi connectivity index (χ0) is 14.0. The van der Waals surface area contributed by atoms with Gasteiger partial charge in [0.2, 0.25) is 0 Å². The van der Waals surface area contributed by atoms with E-state index in [1.54, 1.807) is 19.1 Å². The number of benzene rings is 2. The summed E-state index contributed by atoms with van der Waals surface area (Å²) < 4.78 is 13.6. The van der Waals surface area contributed by atoms with Crippen molar-refractivity contribution >= 4 is 34.8 Å². The van der Waals surface area contributed by atoms with Gasteiger partial charge in [0, 0.05) is 5.02 Å². The molecule has 0 radical (unpaired) electrons. The van der Waals surface area contributed by atoms with Crippen molar-refractivity contribution in [1.29, 1.82) is 0 Å². The van der Waals surface area contributed by atoms with Crippen LogP contribution in [0.1, 0.15) is 15.9 Å². The fraction of sp³-hybridized carbons (Fsp3) is 0.0714. The Kier molecular flexibility index (Phi) is 4.08. The van der Waals surface area contributed by atoms with Gasteiger partial charge in [-0.1, -0.05) is 29.3 Å². The maximum absolute atomic E-state index is 13.6. The number of carbonyl (C=O) groups is 1. The van der Waals surface area contributed by atoms with Crippen LogP contribution < -0.4 is 5.32 Å². The van der Waals surface area contributed by atoms with Crippen LogP contribution in [0.3, 0.4) is 0 Å². The number of carbonyl (C=O) groups excluding carboxylic acids is 1. The van der Waals surface area contributed by atoms with Crippen molar-refractivity contribution in [1.82, 2.24) is 0 Å². The third-order valence-corrected chi connectivity index (χ3v) is 3.10. The van der Waals surface area contributed by atoms with Gasteiger partial charge in [0.1, 0.15) is 5.82 Å². The molecule has 1 amide bonds. The summed E-state index contributed by atoms with van der Waals surface area (Å²) in [4.78, 5) is 12.0. The van der Waals surface area contributed by atoms with Gasteiger partial charge in [-0.2, -0.15) is 0 Å². The predicted octanol–water partition coefficient (Wildman–Crippen LogP) is 4.69. The summed E-state index contributed by atoms with van der Waals surface area (Å²) in [6.45, 7) is 1.77. The highest BCUT2D eigenvalue weighted by Gasteiger charge is 2.12. The van der Waals surface area contributed by atoms with Gasteiger partial charge in [-0.05, 0) is 42.8 Å². The molecular weight excluding hydrogens is 288 g/mol. The zero-order valence-corrected chi connectivity index (χ0v) is 11.5. The second-order valence-electron chi connectivity index (χ2n) is 4.06. The predicted molar refractivity (Wildman–Crippen MR) is 75.6 cm³/mol. The van der Waals surface area contributed by atoms with E-state index in [-0.39, 0.29) is 16.3 Å². The van der Waals surface area contributed by atoms with Crippen LogP contribution in [-0.4, -0.2) is 5.91 Å². The Hall–Kier alpha value is -1.58. The molecule has 2 nitrogen and oxygen atoms in total. The summed E-state index contributed by atoms with van der Waals surface area (Å²) in [5, 5.41) is 3.13. The maximum atomic E-state index is 13.6. The number of rotatable bonds is 2. The molecule has 0 aromatic heterocycles. The number of aryl methyl sites for hydroxylation is 1. The van der Waals surface area contributed by atoms with E-state index >= 15 is 0 Å². The quantitative estimate of drug-likeness (QED) is 0.856. The van der Waals surface area contributed by atoms with Crippen molar-refractivity contribution < 1.29 is 9.18 Å². The SMILES string of the molecule is Cc1ccc(NC(=O)c2ccc(Cl)cc2Cl)c(F)c1. The minimum atomic E-state index is -0.488. The summed E-state index contributed by atoms with van der Waals surface area (Å²) >= 11 is 11.7. The molecule has 0 spiro atoms. The van der Waals surface area contributed by atoms with Crippen LogP contribution in [0.5, 0.6) is 0 Å². The van der Waals surface area contributed by atoms with E-state index in [1.807, 2.05) is 0 Å². The lowest BCUT2D eigenvalue weighted by molar-refractivity contribution is 0.102. The Bertz CT molecular complexity index is 643. The number of nitrogens with one attached hydrogen (secondary N) is 1. The molecule has 0 saturated carbocycles. The van der Waals surface area contributed by atoms with Crippen molar-refractivity contribution in [2.45, 2.75) is 6.92 Å². The Labute approximate surface area is 120 Å². The van der Waals surface area contributed by atoms with Crippen molar-refractivity contribution in [2.75, 3.05) is 5.32 Å². The number of hydrogen-bond donors (Lipinski definition) is 1. The molecule has 98 valence electrons. The largest absolute Gasteiger partial charge is 0.319 e. The highest BCUT2D eigenvalue weighted by Crippen LogP contribution is 2.23. The summed E-state index contributed by atoms with van der Waals surface area (Å²) in [5.41, 5.74) is 1.13. The van der Waals surface area contributed by atoms with Crippen molar-refractivity contribution in [3.05, 3.63) is 63.4 Å². The number of halogens is 3. The molecule has 0 bridgehead atoms. The van der Waals surface area contributed by atoms with E-state index in [1.165, 1.54) is 24.3 Å². The molecule has 0 aliphatic rings. The summed E-state index contributed by atoms with van der Waals surface area (Å²) in [5.74, 6) is -0.970. The second kappa shape index (κ2) is 5.59. The van der Waals surface area contributed by atoms with Gasteiger partial charge in [0.15, 0.2) is 0 Å². The van der Waals surface area contributed by atoms with Crippen LogP contribution in [0.25, 0.3) is 0 Å². The van der Waals surface area contributed by atoms with E-state index < -0.39 is 11.7 Å². The number of hydrogen-bond acceptors (Lipinski definition) is 1. The van der Waals surface area contributed by atoms with Gasteiger partial charge in [-0.15, -0.1) is 0 Å². The molecule has 19 heavy (non-hydrogen) atoms. The number of amides is 1. The van der Waals surface area contributed by atoms with Crippen LogP contribution in [0.2, 0.25) is 10.0 Å². The molecule has 0 atom stereocenters. The summed E-state index contributed by atoms with van der Waals surface area (Å²) in [7, 11) is 0. The van der Waals surface area contributed by atoms with Crippen molar-refractivity contribution in [2.24, 2.45) is 0 Å². The Morgan fingerprint density at radius 1 is 1.16 bits per heavy atom. The van der Waals surface area contributed by atoms with Crippen LogP contribution in [0.4, 0.5) is 10.1 Å². The molecule has 5 heteroatoms. The molecular formula is C14H10Cl2FNO. The lowest BCUT2D eigenvalue weighted by Crippen LogP contribution is -2.13. The zero-order valence-electron chi connectivity index (χ0n) is 10.0. The van der Waals surface area contributed by atoms with Crippen LogP contribution in [0, 0.1) is 12.7 Å². The second-order valence-corrected chi connectivity index (χ2v) is 4.91. The average molecular weight is 298 g/mol.